The number of nitrogens with one attached hydrogen (secondary N) is 2. The molecular weight excluding hydrogens is 480 g/mol. The van der Waals surface area contributed by atoms with Gasteiger partial charge in [0.2, 0.25) is 5.91 Å². The largest absolute Gasteiger partial charge is 0.366 e. The van der Waals surface area contributed by atoms with Crippen LogP contribution in [-0.4, -0.2) is 70.9 Å². The van der Waals surface area contributed by atoms with E-state index in [2.05, 4.69) is 39.3 Å². The Morgan fingerprint density at radius 3 is 2.11 bits per heavy atom. The molecule has 0 aliphatic carbocycles. The fourth-order valence-electron chi connectivity index (χ4n) is 6.23. The van der Waals surface area contributed by atoms with Gasteiger partial charge in [-0.2, -0.15) is 0 Å². The van der Waals surface area contributed by atoms with Crippen molar-refractivity contribution in [3.05, 3.63) is 58.3 Å². The summed E-state index contributed by atoms with van der Waals surface area (Å²) < 4.78 is 0. The van der Waals surface area contributed by atoms with Crippen LogP contribution in [0.4, 0.5) is 5.82 Å². The lowest BCUT2D eigenvalue weighted by Crippen LogP contribution is -2.61. The summed E-state index contributed by atoms with van der Waals surface area (Å²) in [5.74, 6) is 0.217. The Bertz CT molecular complexity index is 1220. The maximum atomic E-state index is 13.1. The zero-order valence-corrected chi connectivity index (χ0v) is 22.7. The van der Waals surface area contributed by atoms with Crippen molar-refractivity contribution < 1.29 is 14.4 Å². The summed E-state index contributed by atoms with van der Waals surface area (Å²) in [4.78, 5) is 46.8. The van der Waals surface area contributed by atoms with Crippen LogP contribution < -0.4 is 21.3 Å². The average molecular weight is 519 g/mol. The Morgan fingerprint density at radius 1 is 0.921 bits per heavy atom. The average Bonchev–Trinajstić information content (AvgIpc) is 3.11. The van der Waals surface area contributed by atoms with E-state index in [0.717, 1.165) is 50.2 Å². The Balaban J connectivity index is 1.19. The van der Waals surface area contributed by atoms with E-state index in [4.69, 9.17) is 5.73 Å². The summed E-state index contributed by atoms with van der Waals surface area (Å²) >= 11 is 0. The first kappa shape index (κ1) is 26.2. The molecule has 38 heavy (non-hydrogen) atoms. The molecule has 3 atom stereocenters. The summed E-state index contributed by atoms with van der Waals surface area (Å²) in [6.07, 6.45) is 5.48. The van der Waals surface area contributed by atoms with Crippen LogP contribution in [-0.2, 0) is 0 Å². The number of carbonyl (C=O) groups is 3. The van der Waals surface area contributed by atoms with Crippen LogP contribution in [0.2, 0.25) is 0 Å². The number of likely N-dealkylation sites (tertiary alicyclic amines) is 1. The summed E-state index contributed by atoms with van der Waals surface area (Å²) in [5.41, 5.74) is 8.51. The molecule has 9 nitrogen and oxygen atoms in total. The van der Waals surface area contributed by atoms with E-state index >= 15 is 0 Å². The standard InChI is InChI=1S/C29H38N6O3/c1-16(2)34-14-21(15-34)33-28(37)19-5-8-26(31-13-19)35-22-6-7-23(35)12-20(11-22)32-29(38)25-10-17(3)24(27(30)36)9-18(25)4/h5,8-10,13,16,20-23H,6-7,11-12,14-15H2,1-4H3,(H2,30,36)(H,32,38)(H,33,37)/t20-,22+,23-. The van der Waals surface area contributed by atoms with Gasteiger partial charge in [-0.1, -0.05) is 0 Å². The molecule has 3 saturated heterocycles. The van der Waals surface area contributed by atoms with Gasteiger partial charge < -0.3 is 21.3 Å². The number of carbonyl (C=O) groups excluding carboxylic acids is 3. The molecule has 3 fully saturated rings. The number of piperidine rings is 1. The van der Waals surface area contributed by atoms with E-state index < -0.39 is 5.91 Å². The van der Waals surface area contributed by atoms with Crippen LogP contribution in [0.25, 0.3) is 0 Å². The van der Waals surface area contributed by atoms with Gasteiger partial charge in [-0.3, -0.25) is 19.3 Å². The van der Waals surface area contributed by atoms with Crippen molar-refractivity contribution in [1.29, 1.82) is 0 Å². The number of nitrogens with two attached hydrogens (primary N) is 1. The van der Waals surface area contributed by atoms with Crippen molar-refractivity contribution >= 4 is 23.5 Å². The van der Waals surface area contributed by atoms with Gasteiger partial charge in [-0.05, 0) is 88.8 Å². The minimum absolute atomic E-state index is 0.0729. The molecule has 4 heterocycles. The number of hydrogen-bond acceptors (Lipinski definition) is 6. The number of anilines is 1. The number of hydrogen-bond donors (Lipinski definition) is 3. The Hall–Kier alpha value is -3.46. The van der Waals surface area contributed by atoms with Crippen molar-refractivity contribution in [2.24, 2.45) is 5.73 Å². The normalized spacial score (nSPS) is 23.3. The Morgan fingerprint density at radius 2 is 1.53 bits per heavy atom. The fourth-order valence-corrected chi connectivity index (χ4v) is 6.23. The molecule has 0 spiro atoms. The smallest absolute Gasteiger partial charge is 0.253 e. The first-order valence-electron chi connectivity index (χ1n) is 13.6. The SMILES string of the molecule is Cc1cc(C(=O)N[C@H]2C[C@H]3CC[C@@H](C2)N3c2ccc(C(=O)NC3CN(C(C)C)C3)cn2)c(C)cc1C(N)=O. The molecule has 3 aliphatic rings. The maximum absolute atomic E-state index is 13.1. The first-order chi connectivity index (χ1) is 18.1. The molecule has 3 aliphatic heterocycles. The lowest BCUT2D eigenvalue weighted by atomic mass is 9.95. The number of nitrogens with zero attached hydrogens (tertiary/aromatic N) is 3. The molecule has 9 heteroatoms. The van der Waals surface area contributed by atoms with E-state index in [1.807, 2.05) is 19.1 Å². The van der Waals surface area contributed by atoms with Gasteiger partial charge in [-0.15, -0.1) is 0 Å². The molecule has 0 radical (unpaired) electrons. The molecular formula is C29H38N6O3. The van der Waals surface area contributed by atoms with Crippen molar-refractivity contribution in [1.82, 2.24) is 20.5 Å². The van der Waals surface area contributed by atoms with Gasteiger partial charge in [0.15, 0.2) is 0 Å². The molecule has 202 valence electrons. The van der Waals surface area contributed by atoms with Crippen LogP contribution in [0.3, 0.4) is 0 Å². The number of benzene rings is 1. The minimum Gasteiger partial charge on any atom is -0.366 e. The second-order valence-electron chi connectivity index (χ2n) is 11.4. The fraction of sp³-hybridized carbons (Fsp3) is 0.517. The van der Waals surface area contributed by atoms with Gasteiger partial charge in [0.05, 0.1) is 11.6 Å². The molecule has 1 aromatic heterocycles. The third-order valence-electron chi connectivity index (χ3n) is 8.40. The molecule has 3 amide bonds. The van der Waals surface area contributed by atoms with Crippen LogP contribution in [0.15, 0.2) is 30.5 Å². The molecule has 1 aromatic carbocycles. The molecule has 4 N–H and O–H groups in total. The monoisotopic (exact) mass is 518 g/mol. The second-order valence-corrected chi connectivity index (χ2v) is 11.4. The predicted octanol–water partition coefficient (Wildman–Crippen LogP) is 2.55. The highest BCUT2D eigenvalue weighted by atomic mass is 16.2. The number of fused-ring (bicyclic) bond motifs is 2. The third kappa shape index (κ3) is 5.12. The van der Waals surface area contributed by atoms with Gasteiger partial charge in [0.25, 0.3) is 11.8 Å². The van der Waals surface area contributed by atoms with Crippen molar-refractivity contribution in [3.63, 3.8) is 0 Å². The van der Waals surface area contributed by atoms with Gasteiger partial charge in [0.1, 0.15) is 5.82 Å². The van der Waals surface area contributed by atoms with Crippen molar-refractivity contribution in [2.75, 3.05) is 18.0 Å². The van der Waals surface area contributed by atoms with Crippen molar-refractivity contribution in [2.45, 2.75) is 83.6 Å². The number of amides is 3. The van der Waals surface area contributed by atoms with Gasteiger partial charge in [-0.25, -0.2) is 4.98 Å². The van der Waals surface area contributed by atoms with E-state index in [1.165, 1.54) is 0 Å². The van der Waals surface area contributed by atoms with Crippen LogP contribution >= 0.6 is 0 Å². The number of aryl methyl sites for hydroxylation is 2. The van der Waals surface area contributed by atoms with E-state index in [1.54, 1.807) is 25.3 Å². The second kappa shape index (κ2) is 10.4. The summed E-state index contributed by atoms with van der Waals surface area (Å²) in [7, 11) is 0. The quantitative estimate of drug-likeness (QED) is 0.518. The summed E-state index contributed by atoms with van der Waals surface area (Å²) in [6.45, 7) is 9.73. The van der Waals surface area contributed by atoms with Crippen LogP contribution in [0, 0.1) is 13.8 Å². The molecule has 0 unspecified atom stereocenters. The summed E-state index contributed by atoms with van der Waals surface area (Å²) in [6, 6.07) is 8.62. The Labute approximate surface area is 224 Å². The number of pyridine rings is 1. The lowest BCUT2D eigenvalue weighted by Gasteiger charge is -2.42. The minimum atomic E-state index is -0.486. The lowest BCUT2D eigenvalue weighted by molar-refractivity contribution is 0.0713. The van der Waals surface area contributed by atoms with E-state index in [0.29, 0.717) is 40.4 Å². The molecule has 2 aromatic rings. The first-order valence-corrected chi connectivity index (χ1v) is 13.6. The maximum Gasteiger partial charge on any atom is 0.253 e. The van der Waals surface area contributed by atoms with Gasteiger partial charge in [0, 0.05) is 54.6 Å². The topological polar surface area (TPSA) is 121 Å². The van der Waals surface area contributed by atoms with Crippen LogP contribution in [0.5, 0.6) is 0 Å². The van der Waals surface area contributed by atoms with Crippen LogP contribution in [0.1, 0.15) is 81.7 Å². The predicted molar refractivity (Wildman–Crippen MR) is 146 cm³/mol. The van der Waals surface area contributed by atoms with Crippen molar-refractivity contribution in [3.8, 4) is 0 Å². The highest BCUT2D eigenvalue weighted by Gasteiger charge is 2.42. The summed E-state index contributed by atoms with van der Waals surface area (Å²) in [5, 5.41) is 6.33. The highest BCUT2D eigenvalue weighted by molar-refractivity contribution is 5.99. The number of rotatable bonds is 7. The zero-order valence-electron chi connectivity index (χ0n) is 22.7. The van der Waals surface area contributed by atoms with E-state index in [9.17, 15) is 14.4 Å². The van der Waals surface area contributed by atoms with E-state index in [-0.39, 0.29) is 23.9 Å². The van der Waals surface area contributed by atoms with Gasteiger partial charge >= 0.3 is 0 Å². The molecule has 0 saturated carbocycles. The number of aromatic nitrogens is 1. The highest BCUT2D eigenvalue weighted by Crippen LogP contribution is 2.38. The Kier molecular flexibility index (Phi) is 7.13. The molecule has 2 bridgehead atoms. The number of primary amides is 1. The third-order valence-corrected chi connectivity index (χ3v) is 8.40. The molecule has 5 rings (SSSR count). The zero-order chi connectivity index (χ0) is 27.1.